The second-order valence-corrected chi connectivity index (χ2v) is 9.79. The largest absolute Gasteiger partial charge is 2.00 e. The molecule has 0 unspecified atom stereocenters. The number of aromatic nitrogens is 2. The van der Waals surface area contributed by atoms with Crippen molar-refractivity contribution in [3.05, 3.63) is 130 Å². The van der Waals surface area contributed by atoms with Crippen LogP contribution in [0.3, 0.4) is 0 Å². The summed E-state index contributed by atoms with van der Waals surface area (Å²) in [5.74, 6) is -2.38. The predicted molar refractivity (Wildman–Crippen MR) is 184 cm³/mol. The van der Waals surface area contributed by atoms with Crippen LogP contribution >= 0.6 is 23.2 Å². The molecule has 0 aliphatic carbocycles. The molecule has 2 amide bonds. The number of halogens is 2. The van der Waals surface area contributed by atoms with E-state index in [2.05, 4.69) is 9.97 Å². The molecule has 49 heavy (non-hydrogen) atoms. The minimum atomic E-state index is -1.24. The van der Waals surface area contributed by atoms with Gasteiger partial charge in [0, 0.05) is 72.1 Å². The molecule has 0 bridgehead atoms. The van der Waals surface area contributed by atoms with Crippen molar-refractivity contribution in [2.24, 2.45) is 0 Å². The van der Waals surface area contributed by atoms with Crippen molar-refractivity contribution in [3.63, 3.8) is 0 Å². The van der Waals surface area contributed by atoms with E-state index < -0.39 is 11.9 Å². The van der Waals surface area contributed by atoms with E-state index in [1.807, 2.05) is 27.7 Å². The van der Waals surface area contributed by atoms with Gasteiger partial charge in [0.05, 0.1) is 23.1 Å². The number of carbonyl (C=O) groups excluding carboxylic acids is 4. The third-order valence-corrected chi connectivity index (χ3v) is 6.77. The van der Waals surface area contributed by atoms with Crippen molar-refractivity contribution in [1.29, 1.82) is 0 Å². The Morgan fingerprint density at radius 1 is 0.571 bits per heavy atom. The molecule has 0 atom stereocenters. The van der Waals surface area contributed by atoms with Crippen LogP contribution in [-0.4, -0.2) is 69.7 Å². The van der Waals surface area contributed by atoms with Crippen molar-refractivity contribution in [2.75, 3.05) is 26.2 Å². The SMILES string of the molecule is CCN(CC)C(=O)c1cccnc1.CCN(CC)C(=O)c1cccnc1.O=C([O-])c1ccccc1Cl.O=C([O-])c1ccccc1Cl.[Ni+2].[OH3+].[OH3+]. The molecule has 4 rings (SSSR count). The van der Waals surface area contributed by atoms with Gasteiger partial charge in [-0.15, -0.1) is 0 Å². The number of aromatic carboxylic acids is 2. The van der Waals surface area contributed by atoms with Crippen molar-refractivity contribution in [2.45, 2.75) is 27.7 Å². The van der Waals surface area contributed by atoms with E-state index in [1.54, 1.807) is 83.1 Å². The molecular formula is C34H42Cl2N4NiO8+2. The van der Waals surface area contributed by atoms with Crippen molar-refractivity contribution in [1.82, 2.24) is 19.8 Å². The van der Waals surface area contributed by atoms with Gasteiger partial charge in [-0.25, -0.2) is 0 Å². The summed E-state index contributed by atoms with van der Waals surface area (Å²) in [5, 5.41) is 20.9. The molecule has 6 N–H and O–H groups in total. The first-order valence-electron chi connectivity index (χ1n) is 14.3. The molecule has 4 aromatic rings. The number of hydrogen-bond donors (Lipinski definition) is 0. The third-order valence-electron chi connectivity index (χ3n) is 6.11. The second-order valence-electron chi connectivity index (χ2n) is 8.97. The van der Waals surface area contributed by atoms with E-state index in [9.17, 15) is 29.4 Å². The smallest absolute Gasteiger partial charge is 0.545 e. The van der Waals surface area contributed by atoms with Crippen LogP contribution in [-0.2, 0) is 27.4 Å². The fourth-order valence-electron chi connectivity index (χ4n) is 3.62. The summed E-state index contributed by atoms with van der Waals surface area (Å²) in [5.41, 5.74) is 1.38. The van der Waals surface area contributed by atoms with E-state index in [1.165, 1.54) is 24.3 Å². The minimum absolute atomic E-state index is 0. The molecular weight excluding hydrogens is 722 g/mol. The van der Waals surface area contributed by atoms with Crippen molar-refractivity contribution in [3.8, 4) is 0 Å². The van der Waals surface area contributed by atoms with Gasteiger partial charge in [0.2, 0.25) is 0 Å². The van der Waals surface area contributed by atoms with E-state index >= 15 is 0 Å². The molecule has 0 fully saturated rings. The van der Waals surface area contributed by atoms with Crippen molar-refractivity contribution < 1.29 is 56.8 Å². The molecule has 2 aromatic carbocycles. The summed E-state index contributed by atoms with van der Waals surface area (Å²) in [6.07, 6.45) is 6.53. The number of rotatable bonds is 8. The zero-order chi connectivity index (χ0) is 34.5. The fourth-order valence-corrected chi connectivity index (χ4v) is 4.04. The van der Waals surface area contributed by atoms with Gasteiger partial charge < -0.3 is 40.6 Å². The van der Waals surface area contributed by atoms with Crippen LogP contribution in [0.15, 0.2) is 97.6 Å². The molecule has 2 heterocycles. The molecule has 0 saturated heterocycles. The minimum Gasteiger partial charge on any atom is -0.545 e. The molecule has 0 saturated carbocycles. The summed E-state index contributed by atoms with van der Waals surface area (Å²) in [7, 11) is 0. The summed E-state index contributed by atoms with van der Waals surface area (Å²) in [6, 6.07) is 19.4. The number of carboxylic acids is 2. The van der Waals surface area contributed by atoms with Crippen LogP contribution < -0.4 is 10.2 Å². The molecule has 2 aromatic heterocycles. The van der Waals surface area contributed by atoms with E-state index in [-0.39, 0.29) is 60.4 Å². The van der Waals surface area contributed by atoms with Gasteiger partial charge in [-0.05, 0) is 64.1 Å². The quantitative estimate of drug-likeness (QED) is 0.192. The van der Waals surface area contributed by atoms with Crippen molar-refractivity contribution >= 4 is 47.0 Å². The van der Waals surface area contributed by atoms with Crippen LogP contribution in [0.25, 0.3) is 0 Å². The van der Waals surface area contributed by atoms with E-state index in [0.29, 0.717) is 11.1 Å². The molecule has 268 valence electrons. The monoisotopic (exact) mass is 762 g/mol. The Kier molecular flexibility index (Phi) is 27.6. The van der Waals surface area contributed by atoms with Gasteiger partial charge in [-0.3, -0.25) is 19.6 Å². The van der Waals surface area contributed by atoms with Crippen LogP contribution in [0.1, 0.15) is 69.1 Å². The standard InChI is InChI=1S/2C10H14N2O.2C7H5ClO2.Ni.2H2O/c2*1-3-12(4-2)10(13)9-6-5-7-11-8-9;2*8-6-4-2-1-3-5(6)7(9)10;;;/h2*5-8H,3-4H2,1-2H3;2*1-4H,(H,9,10);;2*1H2/q;;;;+2;;. The average Bonchev–Trinajstić information content (AvgIpc) is 3.07. The van der Waals surface area contributed by atoms with Crippen LogP contribution in [0.5, 0.6) is 0 Å². The normalized spacial score (nSPS) is 8.94. The second kappa shape index (κ2) is 27.6. The number of amides is 2. The Balaban J connectivity index is -0.000000568. The fraction of sp³-hybridized carbons (Fsp3) is 0.235. The van der Waals surface area contributed by atoms with Gasteiger partial charge in [0.15, 0.2) is 0 Å². The Hall–Kier alpha value is -4.39. The van der Waals surface area contributed by atoms with Gasteiger partial charge in [0.25, 0.3) is 11.8 Å². The van der Waals surface area contributed by atoms with Crippen LogP contribution in [0.4, 0.5) is 0 Å². The summed E-state index contributed by atoms with van der Waals surface area (Å²) >= 11 is 11.0. The number of carbonyl (C=O) groups is 4. The Morgan fingerprint density at radius 2 is 0.878 bits per heavy atom. The number of benzene rings is 2. The van der Waals surface area contributed by atoms with Crippen LogP contribution in [0, 0.1) is 0 Å². The van der Waals surface area contributed by atoms with Crippen LogP contribution in [0.2, 0.25) is 10.0 Å². The number of pyridine rings is 2. The van der Waals surface area contributed by atoms with Gasteiger partial charge >= 0.3 is 16.5 Å². The first kappa shape index (κ1) is 49.0. The maximum Gasteiger partial charge on any atom is 2.00 e. The number of hydrogen-bond acceptors (Lipinski definition) is 8. The van der Waals surface area contributed by atoms with E-state index in [4.69, 9.17) is 23.2 Å². The first-order valence-corrected chi connectivity index (χ1v) is 15.1. The summed E-state index contributed by atoms with van der Waals surface area (Å²) in [6.45, 7) is 10.8. The maximum atomic E-state index is 11.7. The third kappa shape index (κ3) is 17.5. The zero-order valence-corrected chi connectivity index (χ0v) is 30.0. The Morgan fingerprint density at radius 3 is 1.08 bits per heavy atom. The van der Waals surface area contributed by atoms with Gasteiger partial charge in [-0.1, -0.05) is 59.6 Å². The molecule has 12 nitrogen and oxygen atoms in total. The van der Waals surface area contributed by atoms with E-state index in [0.717, 1.165) is 26.2 Å². The van der Waals surface area contributed by atoms with Gasteiger partial charge in [0.1, 0.15) is 0 Å². The predicted octanol–water partition coefficient (Wildman–Crippen LogP) is 2.69. The Labute approximate surface area is 306 Å². The number of carboxylic acid groups (broad SMARTS) is 2. The van der Waals surface area contributed by atoms with Gasteiger partial charge in [-0.2, -0.15) is 0 Å². The Bertz CT molecular complexity index is 1410. The topological polar surface area (TPSA) is 213 Å². The first-order chi connectivity index (χ1) is 22.0. The average molecular weight is 764 g/mol. The maximum absolute atomic E-state index is 11.7. The molecule has 15 heteroatoms. The number of nitrogens with zero attached hydrogens (tertiary/aromatic N) is 4. The molecule has 0 radical (unpaired) electrons. The molecule has 0 spiro atoms. The zero-order valence-electron chi connectivity index (χ0n) is 27.5. The summed E-state index contributed by atoms with van der Waals surface area (Å²) in [4.78, 5) is 55.2. The summed E-state index contributed by atoms with van der Waals surface area (Å²) < 4.78 is 0. The molecule has 0 aliphatic heterocycles. The molecule has 0 aliphatic rings.